The predicted molar refractivity (Wildman–Crippen MR) is 116 cm³/mol. The van der Waals surface area contributed by atoms with Gasteiger partial charge < -0.3 is 19.4 Å². The molecule has 0 aliphatic heterocycles. The molecule has 3 rings (SSSR count). The number of nitro benzene ring substituents is 1. The van der Waals surface area contributed by atoms with Crippen molar-refractivity contribution in [2.45, 2.75) is 11.8 Å². The fourth-order valence-corrected chi connectivity index (χ4v) is 3.40. The molecule has 2 aromatic carbocycles. The second-order valence-electron chi connectivity index (χ2n) is 6.18. The molecule has 0 saturated heterocycles. The van der Waals surface area contributed by atoms with Gasteiger partial charge in [-0.05, 0) is 30.3 Å². The Balaban J connectivity index is 1.55. The molecule has 0 bridgehead atoms. The number of nitrogens with zero attached hydrogens (tertiary/aromatic N) is 4. The van der Waals surface area contributed by atoms with Crippen LogP contribution in [0.5, 0.6) is 11.5 Å². The number of nitro groups is 1. The van der Waals surface area contributed by atoms with Gasteiger partial charge in [0.1, 0.15) is 18.1 Å². The Morgan fingerprint density at radius 1 is 1.26 bits per heavy atom. The minimum atomic E-state index is -0.478. The number of rotatable bonds is 9. The first kappa shape index (κ1) is 22.4. The minimum Gasteiger partial charge on any atom is -0.495 e. The van der Waals surface area contributed by atoms with Gasteiger partial charge in [0, 0.05) is 24.2 Å². The fraction of sp³-hybridized carbons (Fsp3) is 0.211. The summed E-state index contributed by atoms with van der Waals surface area (Å²) < 4.78 is 12.5. The quantitative estimate of drug-likeness (QED) is 0.289. The lowest BCUT2D eigenvalue weighted by molar-refractivity contribution is -0.384. The SMILES string of the molecule is COc1ccc(Cl)cc1NC(=O)CSc1nnc(COc2ccc([N+](=O)[O-])cc2)n1C. The first-order valence-corrected chi connectivity index (χ1v) is 10.3. The topological polar surface area (TPSA) is 121 Å². The molecule has 162 valence electrons. The van der Waals surface area contributed by atoms with Crippen molar-refractivity contribution in [1.82, 2.24) is 14.8 Å². The standard InChI is InChI=1S/C19H18ClN5O5S/c1-24-17(10-30-14-6-4-13(5-7-14)25(27)28)22-23-19(24)31-11-18(26)21-15-9-12(20)3-8-16(15)29-2/h3-9H,10-11H2,1-2H3,(H,21,26). The molecule has 31 heavy (non-hydrogen) atoms. The summed E-state index contributed by atoms with van der Waals surface area (Å²) in [5.41, 5.74) is 0.467. The molecule has 0 fully saturated rings. The first-order chi connectivity index (χ1) is 14.9. The van der Waals surface area contributed by atoms with E-state index in [0.29, 0.717) is 33.2 Å². The lowest BCUT2D eigenvalue weighted by atomic mass is 10.3. The second kappa shape index (κ2) is 10.1. The molecule has 12 heteroatoms. The van der Waals surface area contributed by atoms with Crippen molar-refractivity contribution in [1.29, 1.82) is 0 Å². The van der Waals surface area contributed by atoms with Gasteiger partial charge in [0.25, 0.3) is 5.69 Å². The van der Waals surface area contributed by atoms with Crippen LogP contribution in [0.15, 0.2) is 47.6 Å². The smallest absolute Gasteiger partial charge is 0.269 e. The molecule has 0 saturated carbocycles. The zero-order valence-corrected chi connectivity index (χ0v) is 18.1. The number of nitrogens with one attached hydrogen (secondary N) is 1. The van der Waals surface area contributed by atoms with E-state index in [9.17, 15) is 14.9 Å². The van der Waals surface area contributed by atoms with Gasteiger partial charge in [-0.2, -0.15) is 0 Å². The summed E-state index contributed by atoms with van der Waals surface area (Å²) in [6, 6.07) is 10.7. The third kappa shape index (κ3) is 5.86. The third-order valence-electron chi connectivity index (χ3n) is 4.11. The maximum Gasteiger partial charge on any atom is 0.269 e. The number of ether oxygens (including phenoxy) is 2. The number of methoxy groups -OCH3 is 1. The van der Waals surface area contributed by atoms with E-state index in [4.69, 9.17) is 21.1 Å². The molecule has 0 atom stereocenters. The van der Waals surface area contributed by atoms with Gasteiger partial charge >= 0.3 is 0 Å². The van der Waals surface area contributed by atoms with Crippen LogP contribution in [0.3, 0.4) is 0 Å². The summed E-state index contributed by atoms with van der Waals surface area (Å²) in [5, 5.41) is 22.6. The maximum atomic E-state index is 12.3. The third-order valence-corrected chi connectivity index (χ3v) is 5.36. The van der Waals surface area contributed by atoms with E-state index in [-0.39, 0.29) is 24.0 Å². The Bertz CT molecular complexity index is 1090. The molecule has 1 amide bonds. The van der Waals surface area contributed by atoms with Crippen molar-refractivity contribution < 1.29 is 19.2 Å². The summed E-state index contributed by atoms with van der Waals surface area (Å²) in [6.45, 7) is 0.119. The number of benzene rings is 2. The maximum absolute atomic E-state index is 12.3. The Kier molecular flexibility index (Phi) is 7.32. The van der Waals surface area contributed by atoms with Gasteiger partial charge in [0.15, 0.2) is 11.0 Å². The summed E-state index contributed by atoms with van der Waals surface area (Å²) in [5.74, 6) is 1.37. The van der Waals surface area contributed by atoms with Crippen LogP contribution in [0, 0.1) is 10.1 Å². The van der Waals surface area contributed by atoms with Crippen LogP contribution in [0.4, 0.5) is 11.4 Å². The monoisotopic (exact) mass is 463 g/mol. The number of aromatic nitrogens is 3. The number of thioether (sulfide) groups is 1. The number of carbonyl (C=O) groups is 1. The molecular formula is C19H18ClN5O5S. The van der Waals surface area contributed by atoms with E-state index in [0.717, 1.165) is 0 Å². The molecule has 0 spiro atoms. The van der Waals surface area contributed by atoms with E-state index in [2.05, 4.69) is 15.5 Å². The Hall–Kier alpha value is -3.31. The highest BCUT2D eigenvalue weighted by molar-refractivity contribution is 7.99. The Morgan fingerprint density at radius 3 is 2.68 bits per heavy atom. The average Bonchev–Trinajstić information content (AvgIpc) is 3.10. The lowest BCUT2D eigenvalue weighted by Crippen LogP contribution is -2.15. The molecule has 1 N–H and O–H groups in total. The molecule has 0 unspecified atom stereocenters. The van der Waals surface area contributed by atoms with Crippen LogP contribution >= 0.6 is 23.4 Å². The van der Waals surface area contributed by atoms with Crippen LogP contribution in [-0.2, 0) is 18.4 Å². The van der Waals surface area contributed by atoms with Crippen LogP contribution in [0.1, 0.15) is 5.82 Å². The van der Waals surface area contributed by atoms with E-state index in [1.165, 1.54) is 43.1 Å². The Morgan fingerprint density at radius 2 is 2.00 bits per heavy atom. The predicted octanol–water partition coefficient (Wildman–Crippen LogP) is 3.70. The van der Waals surface area contributed by atoms with Crippen molar-refractivity contribution in [3.63, 3.8) is 0 Å². The zero-order valence-electron chi connectivity index (χ0n) is 16.6. The molecule has 1 aromatic heterocycles. The van der Waals surface area contributed by atoms with Crippen molar-refractivity contribution in [3.8, 4) is 11.5 Å². The number of non-ortho nitro benzene ring substituents is 1. The van der Waals surface area contributed by atoms with Crippen molar-refractivity contribution in [2.75, 3.05) is 18.2 Å². The molecule has 0 aliphatic carbocycles. The van der Waals surface area contributed by atoms with Crippen molar-refractivity contribution in [3.05, 3.63) is 63.4 Å². The summed E-state index contributed by atoms with van der Waals surface area (Å²) in [6.07, 6.45) is 0. The summed E-state index contributed by atoms with van der Waals surface area (Å²) in [4.78, 5) is 22.5. The number of carbonyl (C=O) groups excluding carboxylic acids is 1. The van der Waals surface area contributed by atoms with Gasteiger partial charge in [-0.25, -0.2) is 0 Å². The minimum absolute atomic E-state index is 0.0154. The lowest BCUT2D eigenvalue weighted by Gasteiger charge is -2.10. The van der Waals surface area contributed by atoms with Gasteiger partial charge in [-0.15, -0.1) is 10.2 Å². The normalized spacial score (nSPS) is 10.5. The number of halogens is 1. The molecule has 0 aliphatic rings. The second-order valence-corrected chi connectivity index (χ2v) is 7.56. The number of anilines is 1. The van der Waals surface area contributed by atoms with Gasteiger partial charge in [-0.1, -0.05) is 23.4 Å². The van der Waals surface area contributed by atoms with Crippen molar-refractivity contribution in [2.24, 2.45) is 7.05 Å². The van der Waals surface area contributed by atoms with Crippen LogP contribution in [0.2, 0.25) is 5.02 Å². The molecule has 1 heterocycles. The number of hydrogen-bond acceptors (Lipinski definition) is 8. The zero-order chi connectivity index (χ0) is 22.4. The van der Waals surface area contributed by atoms with Gasteiger partial charge in [-0.3, -0.25) is 14.9 Å². The van der Waals surface area contributed by atoms with Gasteiger partial charge in [0.2, 0.25) is 5.91 Å². The molecule has 10 nitrogen and oxygen atoms in total. The van der Waals surface area contributed by atoms with E-state index in [1.807, 2.05) is 0 Å². The molecule has 3 aromatic rings. The van der Waals surface area contributed by atoms with Crippen LogP contribution in [-0.4, -0.2) is 38.5 Å². The average molecular weight is 464 g/mol. The van der Waals surface area contributed by atoms with Gasteiger partial charge in [0.05, 0.1) is 23.5 Å². The van der Waals surface area contributed by atoms with E-state index in [1.54, 1.807) is 29.8 Å². The van der Waals surface area contributed by atoms with Crippen LogP contribution < -0.4 is 14.8 Å². The fourth-order valence-electron chi connectivity index (χ4n) is 2.50. The highest BCUT2D eigenvalue weighted by Gasteiger charge is 2.14. The van der Waals surface area contributed by atoms with E-state index < -0.39 is 4.92 Å². The molecule has 0 radical (unpaired) electrons. The summed E-state index contributed by atoms with van der Waals surface area (Å²) >= 11 is 7.19. The van der Waals surface area contributed by atoms with E-state index >= 15 is 0 Å². The number of amides is 1. The van der Waals surface area contributed by atoms with Crippen LogP contribution in [0.25, 0.3) is 0 Å². The highest BCUT2D eigenvalue weighted by atomic mass is 35.5. The highest BCUT2D eigenvalue weighted by Crippen LogP contribution is 2.28. The molecular weight excluding hydrogens is 446 g/mol. The number of hydrogen-bond donors (Lipinski definition) is 1. The largest absolute Gasteiger partial charge is 0.495 e. The van der Waals surface area contributed by atoms with Crippen molar-refractivity contribution >= 4 is 40.6 Å². The summed E-state index contributed by atoms with van der Waals surface area (Å²) in [7, 11) is 3.27. The Labute approximate surface area is 186 Å². The first-order valence-electron chi connectivity index (χ1n) is 8.89.